The first-order valence-corrected chi connectivity index (χ1v) is 2.80. The first kappa shape index (κ1) is 7.34. The lowest BCUT2D eigenvalue weighted by Crippen LogP contribution is -1.62. The zero-order chi connectivity index (χ0) is 6.24. The SMILES string of the molecule is C1=NCCC1.CC=O. The monoisotopic (exact) mass is 113 g/mol. The van der Waals surface area contributed by atoms with E-state index < -0.39 is 0 Å². The molecule has 0 amide bonds. The molecule has 0 aromatic heterocycles. The third-order valence-corrected chi connectivity index (χ3v) is 0.750. The van der Waals surface area contributed by atoms with Crippen LogP contribution in [0.25, 0.3) is 0 Å². The van der Waals surface area contributed by atoms with Crippen LogP contribution in [0.3, 0.4) is 0 Å². The Kier molecular flexibility index (Phi) is 5.82. The largest absolute Gasteiger partial charge is 0.304 e. The summed E-state index contributed by atoms with van der Waals surface area (Å²) in [6.45, 7) is 2.51. The van der Waals surface area contributed by atoms with Crippen LogP contribution in [0, 0.1) is 0 Å². The molecule has 0 radical (unpaired) electrons. The van der Waals surface area contributed by atoms with Gasteiger partial charge in [-0.25, -0.2) is 0 Å². The van der Waals surface area contributed by atoms with E-state index in [0.717, 1.165) is 12.8 Å². The maximum atomic E-state index is 8.81. The summed E-state index contributed by atoms with van der Waals surface area (Å²) in [7, 11) is 0. The number of carbonyl (C=O) groups excluding carboxylic acids is 1. The highest BCUT2D eigenvalue weighted by molar-refractivity contribution is 5.58. The second-order valence-corrected chi connectivity index (χ2v) is 1.47. The zero-order valence-corrected chi connectivity index (χ0v) is 5.13. The van der Waals surface area contributed by atoms with Gasteiger partial charge in [-0.05, 0) is 26.0 Å². The van der Waals surface area contributed by atoms with Crippen molar-refractivity contribution in [3.63, 3.8) is 0 Å². The fourth-order valence-corrected chi connectivity index (χ4v) is 0.456. The zero-order valence-electron chi connectivity index (χ0n) is 5.13. The summed E-state index contributed by atoms with van der Waals surface area (Å²) in [5, 5.41) is 0. The molecule has 0 aliphatic carbocycles. The summed E-state index contributed by atoms with van der Waals surface area (Å²) in [5.74, 6) is 0. The minimum Gasteiger partial charge on any atom is -0.304 e. The molecule has 1 aliphatic heterocycles. The van der Waals surface area contributed by atoms with E-state index in [1.807, 2.05) is 6.21 Å². The van der Waals surface area contributed by atoms with Gasteiger partial charge in [-0.3, -0.25) is 4.99 Å². The van der Waals surface area contributed by atoms with Crippen molar-refractivity contribution >= 4 is 12.5 Å². The van der Waals surface area contributed by atoms with Crippen molar-refractivity contribution in [3.8, 4) is 0 Å². The molecule has 0 bridgehead atoms. The normalized spacial score (nSPS) is 14.6. The molecule has 8 heavy (non-hydrogen) atoms. The summed E-state index contributed by atoms with van der Waals surface area (Å²) in [6, 6.07) is 0. The van der Waals surface area contributed by atoms with E-state index in [-0.39, 0.29) is 0 Å². The molecule has 1 rings (SSSR count). The van der Waals surface area contributed by atoms with Gasteiger partial charge in [-0.15, -0.1) is 0 Å². The Morgan fingerprint density at radius 2 is 2.38 bits per heavy atom. The van der Waals surface area contributed by atoms with Crippen molar-refractivity contribution in [1.82, 2.24) is 0 Å². The van der Waals surface area contributed by atoms with Crippen molar-refractivity contribution < 1.29 is 4.79 Å². The molecule has 0 N–H and O–H groups in total. The van der Waals surface area contributed by atoms with E-state index >= 15 is 0 Å². The molecule has 0 aromatic carbocycles. The van der Waals surface area contributed by atoms with E-state index in [0.29, 0.717) is 0 Å². The smallest absolute Gasteiger partial charge is 0.116 e. The molecule has 0 fully saturated rings. The van der Waals surface area contributed by atoms with Crippen LogP contribution in [0.4, 0.5) is 0 Å². The van der Waals surface area contributed by atoms with Crippen LogP contribution in [0.2, 0.25) is 0 Å². The van der Waals surface area contributed by atoms with Crippen molar-refractivity contribution in [2.45, 2.75) is 19.8 Å². The second kappa shape index (κ2) is 6.34. The Balaban J connectivity index is 0.000000145. The Bertz CT molecular complexity index is 72.6. The second-order valence-electron chi connectivity index (χ2n) is 1.47. The predicted octanol–water partition coefficient (Wildman–Crippen LogP) is 1.06. The molecule has 0 unspecified atom stereocenters. The van der Waals surface area contributed by atoms with E-state index in [1.165, 1.54) is 19.8 Å². The predicted molar refractivity (Wildman–Crippen MR) is 34.3 cm³/mol. The van der Waals surface area contributed by atoms with Gasteiger partial charge in [-0.1, -0.05) is 0 Å². The van der Waals surface area contributed by atoms with Crippen LogP contribution < -0.4 is 0 Å². The van der Waals surface area contributed by atoms with E-state index in [2.05, 4.69) is 4.99 Å². The average Bonchev–Trinajstić information content (AvgIpc) is 2.17. The Hall–Kier alpha value is -0.660. The Morgan fingerprint density at radius 1 is 1.75 bits per heavy atom. The van der Waals surface area contributed by atoms with Crippen LogP contribution in [-0.2, 0) is 4.79 Å². The lowest BCUT2D eigenvalue weighted by atomic mass is 10.4. The van der Waals surface area contributed by atoms with Crippen molar-refractivity contribution in [1.29, 1.82) is 0 Å². The summed E-state index contributed by atoms with van der Waals surface area (Å²) >= 11 is 0. The fraction of sp³-hybridized carbons (Fsp3) is 0.667. The average molecular weight is 113 g/mol. The maximum absolute atomic E-state index is 8.81. The van der Waals surface area contributed by atoms with Crippen LogP contribution in [0.15, 0.2) is 4.99 Å². The van der Waals surface area contributed by atoms with Gasteiger partial charge in [0, 0.05) is 6.54 Å². The van der Waals surface area contributed by atoms with E-state index in [4.69, 9.17) is 4.79 Å². The van der Waals surface area contributed by atoms with Gasteiger partial charge in [0.2, 0.25) is 0 Å². The third kappa shape index (κ3) is 5.34. The molecule has 2 heteroatoms. The summed E-state index contributed by atoms with van der Waals surface area (Å²) < 4.78 is 0. The minimum atomic E-state index is 0.750. The van der Waals surface area contributed by atoms with E-state index in [1.54, 1.807) is 0 Å². The number of carbonyl (C=O) groups is 1. The van der Waals surface area contributed by atoms with Gasteiger partial charge in [0.1, 0.15) is 6.29 Å². The van der Waals surface area contributed by atoms with Gasteiger partial charge >= 0.3 is 0 Å². The summed E-state index contributed by atoms with van der Waals surface area (Å²) in [5.41, 5.74) is 0. The fourth-order valence-electron chi connectivity index (χ4n) is 0.456. The minimum absolute atomic E-state index is 0.750. The number of hydrogen-bond donors (Lipinski definition) is 0. The molecule has 2 nitrogen and oxygen atoms in total. The molecule has 0 saturated carbocycles. The molecule has 1 aliphatic rings. The Morgan fingerprint density at radius 3 is 2.50 bits per heavy atom. The first-order chi connectivity index (χ1) is 3.91. The van der Waals surface area contributed by atoms with Gasteiger partial charge in [0.15, 0.2) is 0 Å². The highest BCUT2D eigenvalue weighted by Gasteiger charge is 1.85. The molecule has 0 saturated heterocycles. The Labute approximate surface area is 49.6 Å². The topological polar surface area (TPSA) is 29.4 Å². The highest BCUT2D eigenvalue weighted by atomic mass is 16.1. The molecular formula is C6H11NO. The molecule has 46 valence electrons. The number of rotatable bonds is 0. The van der Waals surface area contributed by atoms with Gasteiger partial charge in [0.25, 0.3) is 0 Å². The van der Waals surface area contributed by atoms with Crippen LogP contribution in [0.5, 0.6) is 0 Å². The van der Waals surface area contributed by atoms with Crippen molar-refractivity contribution in [2.75, 3.05) is 6.54 Å². The van der Waals surface area contributed by atoms with Crippen LogP contribution in [-0.4, -0.2) is 19.0 Å². The summed E-state index contributed by atoms with van der Waals surface area (Å²) in [6.07, 6.45) is 5.22. The maximum Gasteiger partial charge on any atom is 0.116 e. The highest BCUT2D eigenvalue weighted by Crippen LogP contribution is 1.92. The molecule has 0 aromatic rings. The third-order valence-electron chi connectivity index (χ3n) is 0.750. The lowest BCUT2D eigenvalue weighted by Gasteiger charge is -1.67. The first-order valence-electron chi connectivity index (χ1n) is 2.80. The number of aldehydes is 1. The molecule has 0 spiro atoms. The number of hydrogen-bond acceptors (Lipinski definition) is 2. The van der Waals surface area contributed by atoms with Crippen molar-refractivity contribution in [2.24, 2.45) is 4.99 Å². The number of nitrogens with zero attached hydrogens (tertiary/aromatic N) is 1. The summed E-state index contributed by atoms with van der Waals surface area (Å²) in [4.78, 5) is 12.8. The number of aliphatic imine (C=N–C) groups is 1. The standard InChI is InChI=1S/C4H7N.C2H4O/c1-2-4-5-3-1;1-2-3/h3H,1-2,4H2;2H,1H3. The van der Waals surface area contributed by atoms with Gasteiger partial charge < -0.3 is 4.79 Å². The molecular weight excluding hydrogens is 102 g/mol. The van der Waals surface area contributed by atoms with Crippen LogP contribution >= 0.6 is 0 Å². The quantitative estimate of drug-likeness (QED) is 0.432. The van der Waals surface area contributed by atoms with Crippen LogP contribution in [0.1, 0.15) is 19.8 Å². The van der Waals surface area contributed by atoms with Gasteiger partial charge in [0.05, 0.1) is 0 Å². The van der Waals surface area contributed by atoms with Crippen molar-refractivity contribution in [3.05, 3.63) is 0 Å². The molecule has 0 atom stereocenters. The van der Waals surface area contributed by atoms with Gasteiger partial charge in [-0.2, -0.15) is 0 Å². The lowest BCUT2D eigenvalue weighted by molar-refractivity contribution is -0.106. The van der Waals surface area contributed by atoms with E-state index in [9.17, 15) is 0 Å². The molecule has 1 heterocycles.